The van der Waals surface area contributed by atoms with Gasteiger partial charge >= 0.3 is 11.9 Å². The molecule has 6 heteroatoms. The van der Waals surface area contributed by atoms with Gasteiger partial charge in [-0.3, -0.25) is 4.79 Å². The van der Waals surface area contributed by atoms with Gasteiger partial charge in [-0.1, -0.05) is 55.9 Å². The largest absolute Gasteiger partial charge is 0.478 e. The first-order valence-corrected chi connectivity index (χ1v) is 13.0. The second-order valence-corrected chi connectivity index (χ2v) is 11.1. The van der Waals surface area contributed by atoms with Crippen molar-refractivity contribution < 1.29 is 29.6 Å². The fourth-order valence-corrected chi connectivity index (χ4v) is 6.25. The molecule has 0 unspecified atom stereocenters. The molecule has 9 atom stereocenters. The lowest BCUT2D eigenvalue weighted by atomic mass is 9.52. The minimum Gasteiger partial charge on any atom is -0.478 e. The first kappa shape index (κ1) is 27.4. The van der Waals surface area contributed by atoms with Gasteiger partial charge in [0.1, 0.15) is 0 Å². The lowest BCUT2D eigenvalue weighted by Gasteiger charge is -2.52. The van der Waals surface area contributed by atoms with Crippen LogP contribution in [0, 0.1) is 35.0 Å². The minimum atomic E-state index is -1.12. The number of esters is 1. The molecule has 1 heterocycles. The highest BCUT2D eigenvalue weighted by Crippen LogP contribution is 2.55. The van der Waals surface area contributed by atoms with Crippen molar-refractivity contribution in [2.45, 2.75) is 85.0 Å². The van der Waals surface area contributed by atoms with E-state index in [9.17, 15) is 24.9 Å². The zero-order valence-corrected chi connectivity index (χ0v) is 21.7. The van der Waals surface area contributed by atoms with Crippen LogP contribution < -0.4 is 0 Å². The summed E-state index contributed by atoms with van der Waals surface area (Å²) in [7, 11) is 0. The van der Waals surface area contributed by atoms with Crippen molar-refractivity contribution in [1.29, 1.82) is 0 Å². The Labute approximate surface area is 209 Å². The first-order chi connectivity index (χ1) is 16.5. The molecule has 6 nitrogen and oxygen atoms in total. The fraction of sp³-hybridized carbons (Fsp3) is 0.655. The molecular formula is C29H42O6. The maximum atomic E-state index is 13.8. The van der Waals surface area contributed by atoms with Gasteiger partial charge in [0.05, 0.1) is 29.3 Å². The Morgan fingerprint density at radius 1 is 1.09 bits per heavy atom. The van der Waals surface area contributed by atoms with Gasteiger partial charge in [0.2, 0.25) is 0 Å². The number of allylic oxidation sites excluding steroid dienone is 5. The zero-order chi connectivity index (χ0) is 25.9. The average Bonchev–Trinajstić information content (AvgIpc) is 2.79. The number of ether oxygens (including phenoxy) is 1. The van der Waals surface area contributed by atoms with Crippen molar-refractivity contribution >= 4 is 11.9 Å². The van der Waals surface area contributed by atoms with Crippen LogP contribution in [0.1, 0.15) is 66.7 Å². The third kappa shape index (κ3) is 5.64. The van der Waals surface area contributed by atoms with Crippen LogP contribution in [0.25, 0.3) is 0 Å². The Morgan fingerprint density at radius 2 is 1.77 bits per heavy atom. The molecule has 0 amide bonds. The third-order valence-corrected chi connectivity index (χ3v) is 8.56. The van der Waals surface area contributed by atoms with E-state index >= 15 is 0 Å². The first-order valence-electron chi connectivity index (χ1n) is 13.0. The number of aliphatic carboxylic acids is 1. The second kappa shape index (κ2) is 11.3. The Bertz CT molecular complexity index is 914. The smallest absolute Gasteiger partial charge is 0.333 e. The van der Waals surface area contributed by atoms with Gasteiger partial charge in [-0.25, -0.2) is 4.79 Å². The number of cyclic esters (lactones) is 1. The molecule has 3 rings (SSSR count). The summed E-state index contributed by atoms with van der Waals surface area (Å²) < 4.78 is 6.01. The van der Waals surface area contributed by atoms with Crippen molar-refractivity contribution in [3.8, 4) is 0 Å². The Balaban J connectivity index is 2.01. The summed E-state index contributed by atoms with van der Waals surface area (Å²) in [5, 5.41) is 31.2. The van der Waals surface area contributed by atoms with Crippen molar-refractivity contribution in [2.75, 3.05) is 0 Å². The van der Waals surface area contributed by atoms with E-state index in [0.717, 1.165) is 18.4 Å². The average molecular weight is 487 g/mol. The van der Waals surface area contributed by atoms with E-state index in [-0.39, 0.29) is 47.2 Å². The predicted molar refractivity (Wildman–Crippen MR) is 135 cm³/mol. The lowest BCUT2D eigenvalue weighted by molar-refractivity contribution is -0.172. The molecule has 0 bridgehead atoms. The van der Waals surface area contributed by atoms with E-state index in [4.69, 9.17) is 4.74 Å². The molecule has 0 saturated heterocycles. The number of rotatable bonds is 1. The van der Waals surface area contributed by atoms with E-state index in [1.165, 1.54) is 0 Å². The van der Waals surface area contributed by atoms with E-state index in [2.05, 4.69) is 13.0 Å². The molecule has 0 aromatic carbocycles. The van der Waals surface area contributed by atoms with Crippen LogP contribution in [0.15, 0.2) is 47.6 Å². The molecule has 1 saturated carbocycles. The molecule has 0 spiro atoms. The summed E-state index contributed by atoms with van der Waals surface area (Å²) in [4.78, 5) is 25.5. The standard InChI is InChI=1S/C29H42O6/c1-17-10-6-9-13-23-19(3)16-22-24(15-14-18(2)26(22)31)29(23,5)28(34)35-20(4)11-7-8-12-21(25(17)30)27(32)33/h6,9-10,12-13,16-18,20,22-26,30-31H,7-8,11,14-15H2,1-5H3,(H,32,33)/b10-6?,13-9+,21-12+/t17-,18-,20+,22+,23-,24-,25+,26+,29-/m0/s1. The monoisotopic (exact) mass is 486 g/mol. The van der Waals surface area contributed by atoms with Crippen LogP contribution in [-0.4, -0.2) is 45.6 Å². The molecule has 35 heavy (non-hydrogen) atoms. The lowest BCUT2D eigenvalue weighted by Crippen LogP contribution is -2.54. The minimum absolute atomic E-state index is 0.00219. The Morgan fingerprint density at radius 3 is 2.46 bits per heavy atom. The molecule has 2 aliphatic carbocycles. The van der Waals surface area contributed by atoms with Gasteiger partial charge in [-0.05, 0) is 64.7 Å². The number of carboxylic acids is 1. The fourth-order valence-electron chi connectivity index (χ4n) is 6.25. The van der Waals surface area contributed by atoms with Crippen molar-refractivity contribution in [2.24, 2.45) is 35.0 Å². The number of hydrogen-bond donors (Lipinski definition) is 3. The molecule has 3 aliphatic rings. The number of aliphatic hydroxyl groups excluding tert-OH is 2. The summed E-state index contributed by atoms with van der Waals surface area (Å²) in [6.45, 7) is 9.75. The molecule has 194 valence electrons. The quantitative estimate of drug-likeness (QED) is 0.362. The maximum Gasteiger partial charge on any atom is 0.333 e. The van der Waals surface area contributed by atoms with Gasteiger partial charge in [-0.15, -0.1) is 0 Å². The van der Waals surface area contributed by atoms with Crippen LogP contribution in [0.4, 0.5) is 0 Å². The Hall–Kier alpha value is -2.18. The highest BCUT2D eigenvalue weighted by atomic mass is 16.5. The Kier molecular flexibility index (Phi) is 8.81. The van der Waals surface area contributed by atoms with Crippen LogP contribution in [0.5, 0.6) is 0 Å². The number of aliphatic hydroxyl groups is 2. The zero-order valence-electron chi connectivity index (χ0n) is 21.7. The molecule has 0 radical (unpaired) electrons. The predicted octanol–water partition coefficient (Wildman–Crippen LogP) is 4.83. The molecule has 0 aromatic heterocycles. The van der Waals surface area contributed by atoms with Gasteiger partial charge in [0.15, 0.2) is 0 Å². The van der Waals surface area contributed by atoms with E-state index in [1.807, 2.05) is 39.0 Å². The van der Waals surface area contributed by atoms with Crippen LogP contribution in [0.3, 0.4) is 0 Å². The summed E-state index contributed by atoms with van der Waals surface area (Å²) in [5.74, 6) is -1.82. The van der Waals surface area contributed by atoms with Gasteiger partial charge in [-0.2, -0.15) is 0 Å². The normalized spacial score (nSPS) is 43.6. The summed E-state index contributed by atoms with van der Waals surface area (Å²) in [6.07, 6.45) is 12.8. The molecule has 1 aliphatic heterocycles. The van der Waals surface area contributed by atoms with E-state index in [0.29, 0.717) is 19.3 Å². The molecule has 3 N–H and O–H groups in total. The second-order valence-electron chi connectivity index (χ2n) is 11.1. The van der Waals surface area contributed by atoms with Crippen molar-refractivity contribution in [1.82, 2.24) is 0 Å². The van der Waals surface area contributed by atoms with Gasteiger partial charge in [0.25, 0.3) is 0 Å². The van der Waals surface area contributed by atoms with Crippen LogP contribution in [0.2, 0.25) is 0 Å². The number of hydrogen-bond acceptors (Lipinski definition) is 5. The van der Waals surface area contributed by atoms with Crippen molar-refractivity contribution in [3.63, 3.8) is 0 Å². The van der Waals surface area contributed by atoms with E-state index < -0.39 is 23.6 Å². The van der Waals surface area contributed by atoms with Gasteiger partial charge < -0.3 is 20.1 Å². The number of carboxylic acid groups (broad SMARTS) is 1. The van der Waals surface area contributed by atoms with Crippen LogP contribution >= 0.6 is 0 Å². The van der Waals surface area contributed by atoms with E-state index in [1.54, 1.807) is 19.1 Å². The van der Waals surface area contributed by atoms with Crippen molar-refractivity contribution in [3.05, 3.63) is 47.6 Å². The molecule has 0 aromatic rings. The molecular weight excluding hydrogens is 444 g/mol. The summed E-state index contributed by atoms with van der Waals surface area (Å²) >= 11 is 0. The highest BCUT2D eigenvalue weighted by Gasteiger charge is 2.56. The third-order valence-electron chi connectivity index (χ3n) is 8.56. The van der Waals surface area contributed by atoms with Gasteiger partial charge in [0, 0.05) is 17.8 Å². The SMILES string of the molecule is CC1=C[C@H]2[C@H](O)[C@@H](C)CC[C@@H]2[C@@]2(C)C(=O)O[C@H](C)CCC/C=C(/C(=O)O)[C@H](O)[C@@H](C)C=C/C=C/[C@@H]12. The maximum absolute atomic E-state index is 13.8. The molecule has 1 fully saturated rings. The number of carbonyl (C=O) groups is 2. The number of carbonyl (C=O) groups excluding carboxylic acids is 1. The summed E-state index contributed by atoms with van der Waals surface area (Å²) in [5.41, 5.74) is 0.237. The summed E-state index contributed by atoms with van der Waals surface area (Å²) in [6, 6.07) is 0. The highest BCUT2D eigenvalue weighted by molar-refractivity contribution is 5.87. The number of fused-ring (bicyclic) bond motifs is 3. The topological polar surface area (TPSA) is 104 Å². The van der Waals surface area contributed by atoms with Crippen LogP contribution in [-0.2, 0) is 14.3 Å².